The van der Waals surface area contributed by atoms with Gasteiger partial charge in [-0.3, -0.25) is 9.59 Å². The molecule has 7 heteroatoms. The fraction of sp³-hybridized carbons (Fsp3) is 0.353. The van der Waals surface area contributed by atoms with Crippen LogP contribution in [0, 0.1) is 0 Å². The summed E-state index contributed by atoms with van der Waals surface area (Å²) in [6.07, 6.45) is 0. The van der Waals surface area contributed by atoms with E-state index in [1.807, 2.05) is 24.3 Å². The topological polar surface area (TPSA) is 75.9 Å². The van der Waals surface area contributed by atoms with Crippen molar-refractivity contribution in [2.45, 2.75) is 6.92 Å². The number of ketones is 1. The smallest absolute Gasteiger partial charge is 0.292 e. The molecule has 3 rings (SSSR count). The van der Waals surface area contributed by atoms with Crippen molar-refractivity contribution in [2.24, 2.45) is 0 Å². The van der Waals surface area contributed by atoms with Gasteiger partial charge in [0.25, 0.3) is 11.8 Å². The van der Waals surface area contributed by atoms with Gasteiger partial charge >= 0.3 is 0 Å². The van der Waals surface area contributed by atoms with E-state index < -0.39 is 0 Å². The number of Topliss-reactive ketones (excluding diaryl/α,β-unsaturated/α-hetero) is 1. The van der Waals surface area contributed by atoms with Crippen LogP contribution in [0.3, 0.4) is 0 Å². The van der Waals surface area contributed by atoms with Gasteiger partial charge in [-0.25, -0.2) is 0 Å². The Labute approximate surface area is 139 Å². The van der Waals surface area contributed by atoms with Crippen LogP contribution in [0.1, 0.15) is 27.8 Å². The summed E-state index contributed by atoms with van der Waals surface area (Å²) in [7, 11) is 1.47. The molecule has 0 aliphatic carbocycles. The lowest BCUT2D eigenvalue weighted by molar-refractivity contribution is 0.0704. The average molecular weight is 329 g/mol. The van der Waals surface area contributed by atoms with Gasteiger partial charge in [0.1, 0.15) is 0 Å². The molecule has 1 aromatic carbocycles. The zero-order valence-electron chi connectivity index (χ0n) is 13.7. The summed E-state index contributed by atoms with van der Waals surface area (Å²) in [4.78, 5) is 27.6. The van der Waals surface area contributed by atoms with Gasteiger partial charge in [0.2, 0.25) is 5.76 Å². The Morgan fingerprint density at radius 1 is 1.12 bits per heavy atom. The molecule has 126 valence electrons. The number of aromatic nitrogens is 1. The number of amides is 1. The minimum atomic E-state index is -0.183. The molecule has 2 heterocycles. The maximum atomic E-state index is 12.4. The Balaban J connectivity index is 1.60. The number of benzene rings is 1. The summed E-state index contributed by atoms with van der Waals surface area (Å²) in [6, 6.07) is 9.03. The minimum Gasteiger partial charge on any atom is -0.479 e. The van der Waals surface area contributed by atoms with Gasteiger partial charge < -0.3 is 19.1 Å². The molecule has 1 aliphatic heterocycles. The van der Waals surface area contributed by atoms with Crippen molar-refractivity contribution in [3.05, 3.63) is 41.7 Å². The van der Waals surface area contributed by atoms with Crippen LogP contribution in [0.25, 0.3) is 0 Å². The maximum Gasteiger partial charge on any atom is 0.292 e. The van der Waals surface area contributed by atoms with Gasteiger partial charge in [0.05, 0.1) is 13.2 Å². The zero-order valence-corrected chi connectivity index (χ0v) is 13.7. The van der Waals surface area contributed by atoms with Gasteiger partial charge in [-0.1, -0.05) is 0 Å². The van der Waals surface area contributed by atoms with Crippen molar-refractivity contribution in [1.82, 2.24) is 10.1 Å². The summed E-state index contributed by atoms with van der Waals surface area (Å²) in [5.41, 5.74) is 1.75. The van der Waals surface area contributed by atoms with E-state index >= 15 is 0 Å². The van der Waals surface area contributed by atoms with Crippen LogP contribution >= 0.6 is 0 Å². The third-order valence-electron chi connectivity index (χ3n) is 4.11. The van der Waals surface area contributed by atoms with Gasteiger partial charge in [-0.15, -0.1) is 0 Å². The van der Waals surface area contributed by atoms with Crippen molar-refractivity contribution >= 4 is 17.4 Å². The van der Waals surface area contributed by atoms with E-state index in [-0.39, 0.29) is 17.5 Å². The summed E-state index contributed by atoms with van der Waals surface area (Å²) < 4.78 is 9.93. The lowest BCUT2D eigenvalue weighted by atomic mass is 10.1. The highest BCUT2D eigenvalue weighted by atomic mass is 16.5. The van der Waals surface area contributed by atoms with Crippen LogP contribution in [-0.4, -0.2) is 55.0 Å². The number of ether oxygens (including phenoxy) is 1. The average Bonchev–Trinajstić information content (AvgIpc) is 3.10. The predicted octanol–water partition coefficient (Wildman–Crippen LogP) is 1.85. The molecule has 1 fully saturated rings. The van der Waals surface area contributed by atoms with Gasteiger partial charge in [0.15, 0.2) is 5.78 Å². The first-order chi connectivity index (χ1) is 11.6. The highest BCUT2D eigenvalue weighted by Crippen LogP contribution is 2.19. The van der Waals surface area contributed by atoms with Crippen LogP contribution < -0.4 is 9.64 Å². The van der Waals surface area contributed by atoms with Crippen LogP contribution in [0.15, 0.2) is 34.9 Å². The summed E-state index contributed by atoms with van der Waals surface area (Å²) in [5, 5.41) is 3.65. The van der Waals surface area contributed by atoms with Crippen LogP contribution in [0.2, 0.25) is 0 Å². The van der Waals surface area contributed by atoms with Gasteiger partial charge in [-0.2, -0.15) is 0 Å². The third kappa shape index (κ3) is 3.24. The van der Waals surface area contributed by atoms with E-state index in [9.17, 15) is 9.59 Å². The number of piperazine rings is 1. The Kier molecular flexibility index (Phi) is 4.50. The molecule has 2 aromatic rings. The normalized spacial score (nSPS) is 14.6. The van der Waals surface area contributed by atoms with Gasteiger partial charge in [0, 0.05) is 37.4 Å². The van der Waals surface area contributed by atoms with E-state index in [2.05, 4.69) is 10.1 Å². The number of carbonyl (C=O) groups excluding carboxylic acids is 2. The standard InChI is InChI=1S/C17H19N3O4/c1-12(21)13-3-5-14(6-4-13)19-7-9-20(10-8-19)17(22)15-11-16(23-2)18-24-15/h3-6,11H,7-10H2,1-2H3. The number of nitrogens with zero attached hydrogens (tertiary/aromatic N) is 3. The molecule has 0 N–H and O–H groups in total. The number of anilines is 1. The van der Waals surface area contributed by atoms with Crippen molar-refractivity contribution in [2.75, 3.05) is 38.2 Å². The van der Waals surface area contributed by atoms with Crippen LogP contribution in [0.4, 0.5) is 5.69 Å². The predicted molar refractivity (Wildman–Crippen MR) is 87.6 cm³/mol. The van der Waals surface area contributed by atoms with E-state index in [4.69, 9.17) is 9.26 Å². The molecule has 1 saturated heterocycles. The number of hydrogen-bond donors (Lipinski definition) is 0. The molecule has 0 unspecified atom stereocenters. The monoisotopic (exact) mass is 329 g/mol. The Hall–Kier alpha value is -2.83. The first-order valence-corrected chi connectivity index (χ1v) is 7.74. The Morgan fingerprint density at radius 2 is 1.79 bits per heavy atom. The molecule has 0 bridgehead atoms. The molecule has 1 aliphatic rings. The second-order valence-corrected chi connectivity index (χ2v) is 5.62. The largest absolute Gasteiger partial charge is 0.479 e. The van der Waals surface area contributed by atoms with E-state index in [0.29, 0.717) is 24.5 Å². The zero-order chi connectivity index (χ0) is 17.1. The molecular formula is C17H19N3O4. The number of hydrogen-bond acceptors (Lipinski definition) is 6. The number of methoxy groups -OCH3 is 1. The van der Waals surface area contributed by atoms with E-state index in [0.717, 1.165) is 18.8 Å². The van der Waals surface area contributed by atoms with Crippen molar-refractivity contribution < 1.29 is 18.8 Å². The molecule has 24 heavy (non-hydrogen) atoms. The Bertz CT molecular complexity index is 731. The highest BCUT2D eigenvalue weighted by Gasteiger charge is 2.25. The van der Waals surface area contributed by atoms with Gasteiger partial charge in [-0.05, 0) is 36.3 Å². The summed E-state index contributed by atoms with van der Waals surface area (Å²) in [6.45, 7) is 4.18. The van der Waals surface area contributed by atoms with Crippen molar-refractivity contribution in [3.8, 4) is 5.88 Å². The van der Waals surface area contributed by atoms with E-state index in [1.165, 1.54) is 13.2 Å². The molecule has 0 saturated carbocycles. The molecule has 7 nitrogen and oxygen atoms in total. The lowest BCUT2D eigenvalue weighted by Gasteiger charge is -2.35. The molecular weight excluding hydrogens is 310 g/mol. The van der Waals surface area contributed by atoms with Crippen molar-refractivity contribution in [3.63, 3.8) is 0 Å². The first-order valence-electron chi connectivity index (χ1n) is 7.74. The first kappa shape index (κ1) is 16.0. The minimum absolute atomic E-state index is 0.0550. The Morgan fingerprint density at radius 3 is 2.33 bits per heavy atom. The molecule has 0 radical (unpaired) electrons. The van der Waals surface area contributed by atoms with E-state index in [1.54, 1.807) is 11.8 Å². The van der Waals surface area contributed by atoms with Crippen molar-refractivity contribution in [1.29, 1.82) is 0 Å². The molecule has 0 atom stereocenters. The summed E-state index contributed by atoms with van der Waals surface area (Å²) >= 11 is 0. The molecule has 1 amide bonds. The fourth-order valence-electron chi connectivity index (χ4n) is 2.69. The highest BCUT2D eigenvalue weighted by molar-refractivity contribution is 5.94. The maximum absolute atomic E-state index is 12.4. The number of carbonyl (C=O) groups is 2. The van der Waals surface area contributed by atoms with Crippen LogP contribution in [0.5, 0.6) is 5.88 Å². The third-order valence-corrected chi connectivity index (χ3v) is 4.11. The quantitative estimate of drug-likeness (QED) is 0.797. The van der Waals surface area contributed by atoms with Crippen LogP contribution in [-0.2, 0) is 0 Å². The second kappa shape index (κ2) is 6.74. The fourth-order valence-corrected chi connectivity index (χ4v) is 2.69. The molecule has 1 aromatic heterocycles. The second-order valence-electron chi connectivity index (χ2n) is 5.62. The number of rotatable bonds is 4. The summed E-state index contributed by atoms with van der Waals surface area (Å²) in [5.74, 6) is 0.352. The SMILES string of the molecule is COc1cc(C(=O)N2CCN(c3ccc(C(C)=O)cc3)CC2)on1. The molecule has 0 spiro atoms. The lowest BCUT2D eigenvalue weighted by Crippen LogP contribution is -2.48.